The molecule has 6 nitrogen and oxygen atoms in total. The van der Waals surface area contributed by atoms with Crippen molar-refractivity contribution in [2.75, 3.05) is 6.54 Å². The maximum Gasteiger partial charge on any atom is 0.326 e. The minimum atomic E-state index is -1.04. The summed E-state index contributed by atoms with van der Waals surface area (Å²) < 4.78 is 0. The first-order valence-corrected chi connectivity index (χ1v) is 9.34. The van der Waals surface area contributed by atoms with Crippen LogP contribution in [0.4, 0.5) is 0 Å². The van der Waals surface area contributed by atoms with E-state index in [0.29, 0.717) is 6.54 Å². The van der Waals surface area contributed by atoms with Crippen LogP contribution in [0.25, 0.3) is 0 Å². The fourth-order valence-electron chi connectivity index (χ4n) is 4.02. The van der Waals surface area contributed by atoms with E-state index in [1.54, 1.807) is 0 Å². The SMILES string of the molecule is CC(C(=O)O)N(Cc1ccccc1)C(=O)C1CC(=O)N(C2CCCC2)C1. The van der Waals surface area contributed by atoms with Gasteiger partial charge in [-0.3, -0.25) is 9.59 Å². The summed E-state index contributed by atoms with van der Waals surface area (Å²) in [5.74, 6) is -1.70. The normalized spacial score (nSPS) is 21.8. The van der Waals surface area contributed by atoms with E-state index < -0.39 is 17.9 Å². The van der Waals surface area contributed by atoms with Gasteiger partial charge in [-0.2, -0.15) is 0 Å². The van der Waals surface area contributed by atoms with E-state index in [1.807, 2.05) is 35.2 Å². The van der Waals surface area contributed by atoms with Crippen LogP contribution in [0.5, 0.6) is 0 Å². The highest BCUT2D eigenvalue weighted by Crippen LogP contribution is 2.30. The zero-order valence-electron chi connectivity index (χ0n) is 15.1. The molecule has 1 aliphatic carbocycles. The van der Waals surface area contributed by atoms with Crippen molar-refractivity contribution < 1.29 is 19.5 Å². The topological polar surface area (TPSA) is 77.9 Å². The Bertz CT molecular complexity index is 670. The second kappa shape index (κ2) is 7.89. The van der Waals surface area contributed by atoms with Gasteiger partial charge in [-0.1, -0.05) is 43.2 Å². The van der Waals surface area contributed by atoms with Crippen LogP contribution in [0.2, 0.25) is 0 Å². The Morgan fingerprint density at radius 3 is 2.50 bits per heavy atom. The van der Waals surface area contributed by atoms with E-state index in [4.69, 9.17) is 0 Å². The van der Waals surface area contributed by atoms with Gasteiger partial charge < -0.3 is 14.9 Å². The van der Waals surface area contributed by atoms with E-state index in [-0.39, 0.29) is 30.8 Å². The predicted molar refractivity (Wildman–Crippen MR) is 96.2 cm³/mol. The molecule has 0 bridgehead atoms. The van der Waals surface area contributed by atoms with Gasteiger partial charge in [0.25, 0.3) is 0 Å². The molecule has 1 heterocycles. The highest BCUT2D eigenvalue weighted by Gasteiger charge is 2.41. The molecule has 1 aliphatic heterocycles. The number of carbonyl (C=O) groups is 3. The summed E-state index contributed by atoms with van der Waals surface area (Å²) in [6, 6.07) is 8.68. The zero-order valence-corrected chi connectivity index (χ0v) is 15.1. The number of hydrogen-bond donors (Lipinski definition) is 1. The van der Waals surface area contributed by atoms with E-state index in [2.05, 4.69) is 0 Å². The van der Waals surface area contributed by atoms with Gasteiger partial charge >= 0.3 is 5.97 Å². The average molecular weight is 358 g/mol. The standard InChI is InChI=1S/C20H26N2O4/c1-14(20(25)26)21(12-15-7-3-2-4-8-15)19(24)16-11-18(23)22(13-16)17-9-5-6-10-17/h2-4,7-8,14,16-17H,5-6,9-13H2,1H3,(H,25,26). The second-order valence-corrected chi connectivity index (χ2v) is 7.35. The number of carbonyl (C=O) groups excluding carboxylic acids is 2. The number of likely N-dealkylation sites (tertiary alicyclic amines) is 1. The highest BCUT2D eigenvalue weighted by atomic mass is 16.4. The van der Waals surface area contributed by atoms with Crippen molar-refractivity contribution >= 4 is 17.8 Å². The molecule has 2 fully saturated rings. The largest absolute Gasteiger partial charge is 0.480 e. The third-order valence-corrected chi connectivity index (χ3v) is 5.58. The Balaban J connectivity index is 1.74. The van der Waals surface area contributed by atoms with Crippen molar-refractivity contribution in [1.82, 2.24) is 9.80 Å². The van der Waals surface area contributed by atoms with Crippen molar-refractivity contribution in [2.24, 2.45) is 5.92 Å². The summed E-state index contributed by atoms with van der Waals surface area (Å²) in [6.45, 7) is 2.18. The summed E-state index contributed by atoms with van der Waals surface area (Å²) in [6.07, 6.45) is 4.46. The van der Waals surface area contributed by atoms with Crippen LogP contribution in [0, 0.1) is 5.92 Å². The van der Waals surface area contributed by atoms with Crippen molar-refractivity contribution in [3.8, 4) is 0 Å². The van der Waals surface area contributed by atoms with Crippen molar-refractivity contribution in [2.45, 2.75) is 57.7 Å². The lowest BCUT2D eigenvalue weighted by atomic mass is 10.0. The molecule has 0 spiro atoms. The van der Waals surface area contributed by atoms with Gasteiger partial charge in [0.05, 0.1) is 5.92 Å². The van der Waals surface area contributed by atoms with Gasteiger partial charge in [0, 0.05) is 25.6 Å². The Hall–Kier alpha value is -2.37. The third kappa shape index (κ3) is 3.89. The number of nitrogens with zero attached hydrogens (tertiary/aromatic N) is 2. The molecular weight excluding hydrogens is 332 g/mol. The number of amides is 2. The summed E-state index contributed by atoms with van der Waals surface area (Å²) >= 11 is 0. The van der Waals surface area contributed by atoms with Gasteiger partial charge in [0.1, 0.15) is 6.04 Å². The first-order valence-electron chi connectivity index (χ1n) is 9.34. The monoisotopic (exact) mass is 358 g/mol. The number of aliphatic carboxylic acids is 1. The third-order valence-electron chi connectivity index (χ3n) is 5.58. The summed E-state index contributed by atoms with van der Waals surface area (Å²) in [4.78, 5) is 40.2. The van der Waals surface area contributed by atoms with E-state index >= 15 is 0 Å². The van der Waals surface area contributed by atoms with E-state index in [0.717, 1.165) is 31.2 Å². The molecule has 2 unspecified atom stereocenters. The van der Waals surface area contributed by atoms with Crippen LogP contribution < -0.4 is 0 Å². The minimum Gasteiger partial charge on any atom is -0.480 e. The fourth-order valence-corrected chi connectivity index (χ4v) is 4.02. The number of carboxylic acid groups (broad SMARTS) is 1. The molecular formula is C20H26N2O4. The molecule has 140 valence electrons. The molecule has 2 atom stereocenters. The van der Waals surface area contributed by atoms with Crippen LogP contribution in [0.1, 0.15) is 44.6 Å². The molecule has 1 saturated heterocycles. The fraction of sp³-hybridized carbons (Fsp3) is 0.550. The second-order valence-electron chi connectivity index (χ2n) is 7.35. The summed E-state index contributed by atoms with van der Waals surface area (Å²) in [5.41, 5.74) is 0.880. The Morgan fingerprint density at radius 1 is 1.23 bits per heavy atom. The maximum atomic E-state index is 13.1. The number of rotatable bonds is 6. The molecule has 2 aliphatic rings. The van der Waals surface area contributed by atoms with E-state index in [1.165, 1.54) is 11.8 Å². The maximum absolute atomic E-state index is 13.1. The lowest BCUT2D eigenvalue weighted by Crippen LogP contribution is -2.46. The summed E-state index contributed by atoms with van der Waals surface area (Å²) in [5, 5.41) is 9.43. The molecule has 6 heteroatoms. The van der Waals surface area contributed by atoms with Crippen LogP contribution in [0.15, 0.2) is 30.3 Å². The van der Waals surface area contributed by atoms with Gasteiger partial charge in [0.2, 0.25) is 11.8 Å². The molecule has 0 aromatic heterocycles. The number of carboxylic acids is 1. The summed E-state index contributed by atoms with van der Waals surface area (Å²) in [7, 11) is 0. The van der Waals surface area contributed by atoms with Gasteiger partial charge in [-0.05, 0) is 25.3 Å². The molecule has 0 radical (unpaired) electrons. The molecule has 1 aromatic carbocycles. The van der Waals surface area contributed by atoms with Crippen LogP contribution in [0.3, 0.4) is 0 Å². The number of hydrogen-bond acceptors (Lipinski definition) is 3. The highest BCUT2D eigenvalue weighted by molar-refractivity contribution is 5.91. The lowest BCUT2D eigenvalue weighted by Gasteiger charge is -2.29. The Labute approximate surface area is 153 Å². The quantitative estimate of drug-likeness (QED) is 0.846. The smallest absolute Gasteiger partial charge is 0.326 e. The van der Waals surface area contributed by atoms with Crippen LogP contribution in [-0.4, -0.2) is 51.3 Å². The molecule has 1 saturated carbocycles. The van der Waals surface area contributed by atoms with Gasteiger partial charge in [-0.25, -0.2) is 4.79 Å². The van der Waals surface area contributed by atoms with Crippen LogP contribution >= 0.6 is 0 Å². The molecule has 26 heavy (non-hydrogen) atoms. The Morgan fingerprint density at radius 2 is 1.88 bits per heavy atom. The molecule has 2 amide bonds. The molecule has 1 N–H and O–H groups in total. The van der Waals surface area contributed by atoms with Crippen molar-refractivity contribution in [3.05, 3.63) is 35.9 Å². The minimum absolute atomic E-state index is 0.0258. The van der Waals surface area contributed by atoms with Gasteiger partial charge in [-0.15, -0.1) is 0 Å². The molecule has 1 aromatic rings. The number of benzene rings is 1. The first-order chi connectivity index (χ1) is 12.5. The first kappa shape index (κ1) is 18.4. The lowest BCUT2D eigenvalue weighted by molar-refractivity contribution is -0.151. The van der Waals surface area contributed by atoms with E-state index in [9.17, 15) is 19.5 Å². The Kier molecular flexibility index (Phi) is 5.59. The van der Waals surface area contributed by atoms with Crippen molar-refractivity contribution in [1.29, 1.82) is 0 Å². The predicted octanol–water partition coefficient (Wildman–Crippen LogP) is 2.28. The average Bonchev–Trinajstić information content (AvgIpc) is 3.28. The van der Waals surface area contributed by atoms with Crippen molar-refractivity contribution in [3.63, 3.8) is 0 Å². The zero-order chi connectivity index (χ0) is 18.7. The van der Waals surface area contributed by atoms with Gasteiger partial charge in [0.15, 0.2) is 0 Å². The van der Waals surface area contributed by atoms with Crippen LogP contribution in [-0.2, 0) is 20.9 Å². The molecule has 3 rings (SSSR count).